The number of carboxylic acid groups (broad SMARTS) is 1. The van der Waals surface area contributed by atoms with E-state index in [1.165, 1.54) is 6.20 Å². The Kier molecular flexibility index (Phi) is 5.21. The second-order valence-corrected chi connectivity index (χ2v) is 6.80. The molecule has 2 amide bonds. The highest BCUT2D eigenvalue weighted by atomic mass is 16.4. The van der Waals surface area contributed by atoms with E-state index in [1.807, 2.05) is 37.3 Å². The molecule has 2 aromatic rings. The Morgan fingerprint density at radius 2 is 1.96 bits per heavy atom. The molecule has 0 bridgehead atoms. The molecule has 3 rings (SSSR count). The number of pyridine rings is 1. The van der Waals surface area contributed by atoms with Gasteiger partial charge in [0.1, 0.15) is 11.9 Å². The fourth-order valence-corrected chi connectivity index (χ4v) is 3.44. The third kappa shape index (κ3) is 3.81. The van der Waals surface area contributed by atoms with Crippen molar-refractivity contribution in [3.05, 3.63) is 59.8 Å². The van der Waals surface area contributed by atoms with E-state index in [1.54, 1.807) is 12.1 Å². The van der Waals surface area contributed by atoms with E-state index in [4.69, 9.17) is 5.73 Å². The average molecular weight is 367 g/mol. The number of carboxylic acids is 1. The Morgan fingerprint density at radius 1 is 1.26 bits per heavy atom. The maximum atomic E-state index is 12.6. The molecular formula is C20H21N3O4. The fraction of sp³-hybridized carbons (Fsp3) is 0.300. The van der Waals surface area contributed by atoms with Gasteiger partial charge in [0, 0.05) is 12.6 Å². The second-order valence-electron chi connectivity index (χ2n) is 6.80. The first-order valence-electron chi connectivity index (χ1n) is 8.72. The second kappa shape index (κ2) is 7.57. The molecule has 0 aliphatic carbocycles. The van der Waals surface area contributed by atoms with Gasteiger partial charge >= 0.3 is 5.97 Å². The Morgan fingerprint density at radius 3 is 2.59 bits per heavy atom. The number of likely N-dealkylation sites (tertiary alicyclic amines) is 1. The molecular weight excluding hydrogens is 346 g/mol. The number of nitrogens with zero attached hydrogens (tertiary/aromatic N) is 2. The number of aromatic nitrogens is 1. The number of β-lactam (4-membered cyclic amide) rings is 1. The zero-order valence-corrected chi connectivity index (χ0v) is 14.9. The van der Waals surface area contributed by atoms with Gasteiger partial charge < -0.3 is 10.8 Å². The lowest BCUT2D eigenvalue weighted by Gasteiger charge is -2.43. The first-order chi connectivity index (χ1) is 12.9. The molecule has 0 spiro atoms. The van der Waals surface area contributed by atoms with Crippen LogP contribution in [0, 0.1) is 5.92 Å². The molecule has 1 saturated heterocycles. The molecule has 1 fully saturated rings. The van der Waals surface area contributed by atoms with E-state index in [-0.39, 0.29) is 18.8 Å². The number of imide groups is 1. The van der Waals surface area contributed by atoms with E-state index >= 15 is 0 Å². The summed E-state index contributed by atoms with van der Waals surface area (Å²) in [4.78, 5) is 41.6. The number of nitrogen functional groups attached to an aromatic ring is 1. The summed E-state index contributed by atoms with van der Waals surface area (Å²) >= 11 is 0. The zero-order chi connectivity index (χ0) is 19.6. The first kappa shape index (κ1) is 18.6. The van der Waals surface area contributed by atoms with E-state index in [0.717, 1.165) is 16.0 Å². The number of carbonyl (C=O) groups is 3. The van der Waals surface area contributed by atoms with Crippen LogP contribution < -0.4 is 5.73 Å². The molecule has 0 saturated carbocycles. The summed E-state index contributed by atoms with van der Waals surface area (Å²) in [5.41, 5.74) is 7.32. The predicted octanol–water partition coefficient (Wildman–Crippen LogP) is 1.84. The largest absolute Gasteiger partial charge is 0.480 e. The van der Waals surface area contributed by atoms with Gasteiger partial charge in [-0.2, -0.15) is 0 Å². The molecule has 2 heterocycles. The van der Waals surface area contributed by atoms with Crippen molar-refractivity contribution in [2.75, 3.05) is 5.73 Å². The Bertz CT molecular complexity index is 869. The molecule has 27 heavy (non-hydrogen) atoms. The highest BCUT2D eigenvalue weighted by Gasteiger charge is 2.54. The normalized spacial score (nSPS) is 20.0. The van der Waals surface area contributed by atoms with Gasteiger partial charge in [-0.15, -0.1) is 0 Å². The van der Waals surface area contributed by atoms with Crippen LogP contribution in [0.1, 0.15) is 30.4 Å². The van der Waals surface area contributed by atoms with Crippen LogP contribution in [0.3, 0.4) is 0 Å². The molecule has 7 heteroatoms. The minimum Gasteiger partial charge on any atom is -0.480 e. The standard InChI is InChI=1S/C20H21N3O4/c1-12(14-5-3-2-4-6-14)9-17(24)23-18(20(26)27)15(19(23)25)10-13-7-8-22-16(21)11-13/h2-8,11-12,15,18H,9-10H2,1H3,(H2,21,22)(H,26,27)/t12-,15+,18-/m0/s1. The van der Waals surface area contributed by atoms with Gasteiger partial charge in [-0.05, 0) is 35.6 Å². The Balaban J connectivity index is 1.71. The van der Waals surface area contributed by atoms with Crippen LogP contribution in [0.4, 0.5) is 5.82 Å². The quantitative estimate of drug-likeness (QED) is 0.753. The van der Waals surface area contributed by atoms with E-state index in [0.29, 0.717) is 5.82 Å². The monoisotopic (exact) mass is 367 g/mol. The van der Waals surface area contributed by atoms with Crippen molar-refractivity contribution in [2.24, 2.45) is 5.92 Å². The van der Waals surface area contributed by atoms with Gasteiger partial charge in [0.05, 0.1) is 5.92 Å². The number of hydrogen-bond donors (Lipinski definition) is 2. The minimum atomic E-state index is -1.18. The number of aliphatic carboxylic acids is 1. The summed E-state index contributed by atoms with van der Waals surface area (Å²) in [5, 5.41) is 9.54. The molecule has 3 N–H and O–H groups in total. The summed E-state index contributed by atoms with van der Waals surface area (Å²) in [5.74, 6) is -2.68. The summed E-state index contributed by atoms with van der Waals surface area (Å²) in [7, 11) is 0. The lowest BCUT2D eigenvalue weighted by atomic mass is 9.81. The third-order valence-electron chi connectivity index (χ3n) is 4.89. The molecule has 3 atom stereocenters. The predicted molar refractivity (Wildman–Crippen MR) is 98.6 cm³/mol. The van der Waals surface area contributed by atoms with Crippen molar-refractivity contribution in [1.82, 2.24) is 9.88 Å². The SMILES string of the molecule is C[C@@H](CC(=O)N1C(=O)[C@H](Cc2ccnc(N)c2)[C@H]1C(=O)O)c1ccccc1. The van der Waals surface area contributed by atoms with E-state index < -0.39 is 29.7 Å². The lowest BCUT2D eigenvalue weighted by Crippen LogP contribution is -2.66. The van der Waals surface area contributed by atoms with Gasteiger partial charge in [-0.25, -0.2) is 9.78 Å². The zero-order valence-electron chi connectivity index (χ0n) is 14.9. The third-order valence-corrected chi connectivity index (χ3v) is 4.89. The number of nitrogens with two attached hydrogens (primary N) is 1. The van der Waals surface area contributed by atoms with Crippen molar-refractivity contribution in [3.8, 4) is 0 Å². The van der Waals surface area contributed by atoms with Crippen LogP contribution >= 0.6 is 0 Å². The number of rotatable bonds is 6. The van der Waals surface area contributed by atoms with Crippen LogP contribution in [-0.2, 0) is 20.8 Å². The van der Waals surface area contributed by atoms with Crippen molar-refractivity contribution in [2.45, 2.75) is 31.7 Å². The van der Waals surface area contributed by atoms with Crippen LogP contribution in [0.15, 0.2) is 48.7 Å². The topological polar surface area (TPSA) is 114 Å². The van der Waals surface area contributed by atoms with Crippen LogP contribution in [-0.4, -0.2) is 38.8 Å². The van der Waals surface area contributed by atoms with Crippen molar-refractivity contribution >= 4 is 23.6 Å². The maximum Gasteiger partial charge on any atom is 0.327 e. The summed E-state index contributed by atoms with van der Waals surface area (Å²) in [6.45, 7) is 1.88. The van der Waals surface area contributed by atoms with Crippen molar-refractivity contribution < 1.29 is 19.5 Å². The van der Waals surface area contributed by atoms with E-state index in [9.17, 15) is 19.5 Å². The van der Waals surface area contributed by atoms with Gasteiger partial charge in [0.25, 0.3) is 0 Å². The summed E-state index contributed by atoms with van der Waals surface area (Å²) in [6.07, 6.45) is 1.79. The molecule has 1 aromatic heterocycles. The van der Waals surface area contributed by atoms with Crippen molar-refractivity contribution in [3.63, 3.8) is 0 Å². The average Bonchev–Trinajstić information content (AvgIpc) is 2.64. The van der Waals surface area contributed by atoms with Gasteiger partial charge in [-0.3, -0.25) is 14.5 Å². The van der Waals surface area contributed by atoms with Crippen LogP contribution in [0.5, 0.6) is 0 Å². The van der Waals surface area contributed by atoms with Gasteiger partial charge in [0.2, 0.25) is 11.8 Å². The molecule has 1 aliphatic heterocycles. The lowest BCUT2D eigenvalue weighted by molar-refractivity contribution is -0.177. The van der Waals surface area contributed by atoms with E-state index in [2.05, 4.69) is 4.98 Å². The Hall–Kier alpha value is -3.22. The highest BCUT2D eigenvalue weighted by Crippen LogP contribution is 2.32. The first-order valence-corrected chi connectivity index (χ1v) is 8.72. The number of hydrogen-bond acceptors (Lipinski definition) is 5. The van der Waals surface area contributed by atoms with Crippen LogP contribution in [0.2, 0.25) is 0 Å². The fourth-order valence-electron chi connectivity index (χ4n) is 3.44. The van der Waals surface area contributed by atoms with Gasteiger partial charge in [0.15, 0.2) is 0 Å². The highest BCUT2D eigenvalue weighted by molar-refractivity contribution is 6.08. The molecule has 1 aromatic carbocycles. The molecule has 0 unspecified atom stereocenters. The number of benzene rings is 1. The molecule has 140 valence electrons. The number of amides is 2. The van der Waals surface area contributed by atoms with Gasteiger partial charge in [-0.1, -0.05) is 37.3 Å². The summed E-state index contributed by atoms with van der Waals surface area (Å²) < 4.78 is 0. The maximum absolute atomic E-state index is 12.6. The summed E-state index contributed by atoms with van der Waals surface area (Å²) in [6, 6.07) is 11.6. The number of carbonyl (C=O) groups excluding carboxylic acids is 2. The number of anilines is 1. The molecule has 7 nitrogen and oxygen atoms in total. The minimum absolute atomic E-state index is 0.0778. The molecule has 0 radical (unpaired) electrons. The smallest absolute Gasteiger partial charge is 0.327 e. The van der Waals surface area contributed by atoms with Crippen LogP contribution in [0.25, 0.3) is 0 Å². The molecule has 1 aliphatic rings. The Labute approximate surface area is 156 Å². The van der Waals surface area contributed by atoms with Crippen molar-refractivity contribution in [1.29, 1.82) is 0 Å².